The van der Waals surface area contributed by atoms with Gasteiger partial charge in [0.05, 0.1) is 39.4 Å². The van der Waals surface area contributed by atoms with Gasteiger partial charge in [0.1, 0.15) is 5.82 Å². The molecular formula is C29H26ClF4N3O3S2. The highest BCUT2D eigenvalue weighted by atomic mass is 35.5. The van der Waals surface area contributed by atoms with Crippen LogP contribution in [0.25, 0.3) is 0 Å². The third-order valence-electron chi connectivity index (χ3n) is 8.34. The number of hydrogen-bond donors (Lipinski definition) is 1. The fourth-order valence-electron chi connectivity index (χ4n) is 6.17. The Balaban J connectivity index is 1.35. The molecular weight excluding hydrogens is 614 g/mol. The third-order valence-corrected chi connectivity index (χ3v) is 11.5. The molecule has 1 saturated heterocycles. The van der Waals surface area contributed by atoms with Crippen LogP contribution in [-0.4, -0.2) is 36.9 Å². The minimum atomic E-state index is -4.59. The number of carbonyl (C=O) groups excluding carboxylic acids is 1. The summed E-state index contributed by atoms with van der Waals surface area (Å²) in [4.78, 5) is 17.0. The molecule has 1 aliphatic carbocycles. The van der Waals surface area contributed by atoms with Crippen LogP contribution in [0, 0.1) is 11.7 Å². The molecule has 3 heterocycles. The van der Waals surface area contributed by atoms with Crippen molar-refractivity contribution in [1.29, 1.82) is 0 Å². The molecule has 1 saturated carbocycles. The van der Waals surface area contributed by atoms with E-state index in [2.05, 4.69) is 10.3 Å². The summed E-state index contributed by atoms with van der Waals surface area (Å²) < 4.78 is 82.3. The molecule has 0 bridgehead atoms. The standard InChI is InChI=1S/C29H26ClF4N3O3S2/c30-23-14-19(29(32,33)34)15-35-24(23)16-36-27(38)18-3-8-25-22(13-18)28(9-11-41-12-10-28)26(17-1-2-17)37(25)42(39,40)21-6-4-20(31)5-7-21/h3-8,13-15,17,26H,1-2,9-12,16H2,(H,36,38). The van der Waals surface area contributed by atoms with Crippen molar-refractivity contribution in [3.8, 4) is 0 Å². The van der Waals surface area contributed by atoms with Gasteiger partial charge in [-0.05, 0) is 97.2 Å². The highest BCUT2D eigenvalue weighted by Crippen LogP contribution is 2.59. The van der Waals surface area contributed by atoms with Crippen LogP contribution < -0.4 is 9.62 Å². The Morgan fingerprint density at radius 1 is 1.10 bits per heavy atom. The van der Waals surface area contributed by atoms with Crippen LogP contribution >= 0.6 is 23.4 Å². The van der Waals surface area contributed by atoms with E-state index in [0.717, 1.165) is 61.0 Å². The zero-order valence-electron chi connectivity index (χ0n) is 22.1. The summed E-state index contributed by atoms with van der Waals surface area (Å²) in [6.07, 6.45) is -0.627. The number of rotatable bonds is 6. The Kier molecular flexibility index (Phi) is 7.46. The van der Waals surface area contributed by atoms with Crippen LogP contribution in [0.15, 0.2) is 59.6 Å². The minimum absolute atomic E-state index is 0.00507. The van der Waals surface area contributed by atoms with Gasteiger partial charge in [0.25, 0.3) is 15.9 Å². The van der Waals surface area contributed by atoms with Crippen LogP contribution in [-0.2, 0) is 28.2 Å². The summed E-state index contributed by atoms with van der Waals surface area (Å²) in [6.45, 7) is -0.190. The number of pyridine rings is 1. The van der Waals surface area contributed by atoms with Crippen molar-refractivity contribution in [3.63, 3.8) is 0 Å². The van der Waals surface area contributed by atoms with Gasteiger partial charge in [0.2, 0.25) is 0 Å². The monoisotopic (exact) mass is 639 g/mol. The number of amides is 1. The fraction of sp³-hybridized carbons (Fsp3) is 0.379. The zero-order chi connectivity index (χ0) is 29.9. The number of sulfonamides is 1. The molecule has 3 aliphatic rings. The maximum absolute atomic E-state index is 14.1. The fourth-order valence-corrected chi connectivity index (χ4v) is 9.43. The summed E-state index contributed by atoms with van der Waals surface area (Å²) >= 11 is 7.82. The Hall–Kier alpha value is -2.83. The van der Waals surface area contributed by atoms with Crippen LogP contribution in [0.3, 0.4) is 0 Å². The van der Waals surface area contributed by atoms with Crippen molar-refractivity contribution in [2.24, 2.45) is 5.92 Å². The SMILES string of the molecule is O=C(NCc1ncc(C(F)(F)F)cc1Cl)c1ccc2c(c1)C1(CCSCC1)C(C1CC1)N2S(=O)(=O)c1ccc(F)cc1. The first-order valence-corrected chi connectivity index (χ1v) is 16.4. The number of benzene rings is 2. The summed E-state index contributed by atoms with van der Waals surface area (Å²) in [5.41, 5.74) is 0.234. The average molecular weight is 640 g/mol. The molecule has 1 spiro atoms. The number of hydrogen-bond acceptors (Lipinski definition) is 5. The summed E-state index contributed by atoms with van der Waals surface area (Å²) in [6, 6.07) is 10.2. The number of nitrogens with zero attached hydrogens (tertiary/aromatic N) is 2. The minimum Gasteiger partial charge on any atom is -0.346 e. The molecule has 6 nitrogen and oxygen atoms in total. The van der Waals surface area contributed by atoms with E-state index >= 15 is 0 Å². The van der Waals surface area contributed by atoms with Gasteiger partial charge >= 0.3 is 6.18 Å². The first-order valence-electron chi connectivity index (χ1n) is 13.4. The predicted molar refractivity (Wildman–Crippen MR) is 153 cm³/mol. The summed E-state index contributed by atoms with van der Waals surface area (Å²) in [7, 11) is -4.04. The number of nitrogens with one attached hydrogen (secondary N) is 1. The van der Waals surface area contributed by atoms with Gasteiger partial charge < -0.3 is 5.32 Å². The van der Waals surface area contributed by atoms with Gasteiger partial charge in [-0.2, -0.15) is 24.9 Å². The van der Waals surface area contributed by atoms with Crippen molar-refractivity contribution >= 4 is 45.0 Å². The largest absolute Gasteiger partial charge is 0.417 e. The van der Waals surface area contributed by atoms with Crippen LogP contribution in [0.5, 0.6) is 0 Å². The second-order valence-corrected chi connectivity index (χ2v) is 14.3. The highest BCUT2D eigenvalue weighted by Gasteiger charge is 2.59. The van der Waals surface area contributed by atoms with Gasteiger partial charge in [0, 0.05) is 17.2 Å². The molecule has 13 heteroatoms. The second-order valence-electron chi connectivity index (χ2n) is 10.9. The Bertz CT molecular complexity index is 1640. The maximum atomic E-state index is 14.1. The van der Waals surface area contributed by atoms with Crippen LogP contribution in [0.4, 0.5) is 23.2 Å². The van der Waals surface area contributed by atoms with Crippen molar-refractivity contribution in [2.45, 2.75) is 54.8 Å². The van der Waals surface area contributed by atoms with E-state index in [-0.39, 0.29) is 34.1 Å². The van der Waals surface area contributed by atoms with Gasteiger partial charge in [-0.25, -0.2) is 12.8 Å². The number of fused-ring (bicyclic) bond motifs is 2. The number of carbonyl (C=O) groups is 1. The maximum Gasteiger partial charge on any atom is 0.417 e. The molecule has 1 N–H and O–H groups in total. The number of aromatic nitrogens is 1. The molecule has 3 aromatic rings. The summed E-state index contributed by atoms with van der Waals surface area (Å²) in [5.74, 6) is 0.849. The quantitative estimate of drug-likeness (QED) is 0.309. The number of halogens is 5. The topological polar surface area (TPSA) is 79.4 Å². The molecule has 1 aromatic heterocycles. The van der Waals surface area contributed by atoms with E-state index in [9.17, 15) is 30.8 Å². The molecule has 1 unspecified atom stereocenters. The first kappa shape index (κ1) is 29.3. The van der Waals surface area contributed by atoms with Gasteiger partial charge in [0.15, 0.2) is 0 Å². The van der Waals surface area contributed by atoms with E-state index in [1.807, 2.05) is 11.8 Å². The van der Waals surface area contributed by atoms with Crippen molar-refractivity contribution < 1.29 is 30.8 Å². The van der Waals surface area contributed by atoms with E-state index in [1.165, 1.54) is 16.4 Å². The highest BCUT2D eigenvalue weighted by molar-refractivity contribution is 7.99. The zero-order valence-corrected chi connectivity index (χ0v) is 24.5. The molecule has 2 aliphatic heterocycles. The molecule has 6 rings (SSSR count). The molecule has 1 atom stereocenters. The lowest BCUT2D eigenvalue weighted by atomic mass is 9.70. The Morgan fingerprint density at radius 3 is 2.40 bits per heavy atom. The molecule has 1 amide bonds. The Labute approximate surface area is 249 Å². The van der Waals surface area contributed by atoms with E-state index in [4.69, 9.17) is 11.6 Å². The lowest BCUT2D eigenvalue weighted by molar-refractivity contribution is -0.137. The Morgan fingerprint density at radius 2 is 1.79 bits per heavy atom. The van der Waals surface area contributed by atoms with Crippen molar-refractivity contribution in [2.75, 3.05) is 15.8 Å². The lowest BCUT2D eigenvalue weighted by Gasteiger charge is -2.41. The van der Waals surface area contributed by atoms with Gasteiger partial charge in [-0.1, -0.05) is 11.6 Å². The number of thioether (sulfide) groups is 1. The van der Waals surface area contributed by atoms with E-state index in [0.29, 0.717) is 17.4 Å². The molecule has 2 fully saturated rings. The van der Waals surface area contributed by atoms with Crippen molar-refractivity contribution in [3.05, 3.63) is 88.0 Å². The molecule has 0 radical (unpaired) electrons. The lowest BCUT2D eigenvalue weighted by Crippen LogP contribution is -2.50. The van der Waals surface area contributed by atoms with Crippen LogP contribution in [0.2, 0.25) is 5.02 Å². The number of anilines is 1. The van der Waals surface area contributed by atoms with E-state index < -0.39 is 38.9 Å². The molecule has 222 valence electrons. The normalized spacial score (nSPS) is 20.0. The van der Waals surface area contributed by atoms with E-state index in [1.54, 1.807) is 18.2 Å². The first-order chi connectivity index (χ1) is 19.9. The predicted octanol–water partition coefficient (Wildman–Crippen LogP) is 6.58. The smallest absolute Gasteiger partial charge is 0.346 e. The average Bonchev–Trinajstić information content (AvgIpc) is 3.76. The summed E-state index contributed by atoms with van der Waals surface area (Å²) in [5, 5.41) is 2.46. The van der Waals surface area contributed by atoms with Crippen LogP contribution in [0.1, 0.15) is 52.9 Å². The number of alkyl halides is 3. The van der Waals surface area contributed by atoms with Crippen molar-refractivity contribution in [1.82, 2.24) is 10.3 Å². The van der Waals surface area contributed by atoms with Gasteiger partial charge in [-0.15, -0.1) is 0 Å². The van der Waals surface area contributed by atoms with Gasteiger partial charge in [-0.3, -0.25) is 14.1 Å². The second kappa shape index (κ2) is 10.7. The third kappa shape index (κ3) is 5.15. The molecule has 42 heavy (non-hydrogen) atoms. The molecule has 2 aromatic carbocycles.